The van der Waals surface area contributed by atoms with Crippen LogP contribution in [0.15, 0.2) is 164 Å². The lowest BCUT2D eigenvalue weighted by atomic mass is 9.99. The summed E-state index contributed by atoms with van der Waals surface area (Å²) in [6, 6.07) is 56.8. The zero-order valence-electron chi connectivity index (χ0n) is 30.3. The predicted octanol–water partition coefficient (Wildman–Crippen LogP) is 12.5. The molecule has 0 atom stereocenters. The van der Waals surface area contributed by atoms with Gasteiger partial charge in [0.2, 0.25) is 0 Å². The Balaban J connectivity index is 1.26. The Morgan fingerprint density at radius 1 is 0.436 bits per heavy atom. The van der Waals surface area contributed by atoms with Crippen molar-refractivity contribution < 1.29 is 0 Å². The molecule has 0 saturated heterocycles. The molecule has 0 bridgehead atoms. The fraction of sp³-hybridized carbons (Fsp3) is 0.0400. The van der Waals surface area contributed by atoms with E-state index in [0.717, 1.165) is 72.1 Å². The molecule has 0 saturated carbocycles. The Kier molecular flexibility index (Phi) is 6.68. The molecule has 0 aliphatic carbocycles. The van der Waals surface area contributed by atoms with E-state index < -0.39 is 0 Å². The summed E-state index contributed by atoms with van der Waals surface area (Å²) < 4.78 is 6.88. The lowest BCUT2D eigenvalue weighted by Gasteiger charge is -2.19. The molecule has 7 aromatic carbocycles. The average Bonchev–Trinajstić information content (AvgIpc) is 3.85. The van der Waals surface area contributed by atoms with Crippen molar-refractivity contribution in [2.75, 3.05) is 0 Å². The molecule has 0 fully saturated rings. The van der Waals surface area contributed by atoms with Gasteiger partial charge in [-0.25, -0.2) is 0 Å². The summed E-state index contributed by atoms with van der Waals surface area (Å²) in [6.07, 6.45) is 3.81. The molecule has 0 aliphatic rings. The van der Waals surface area contributed by atoms with Gasteiger partial charge in [-0.3, -0.25) is 4.98 Å². The van der Waals surface area contributed by atoms with Gasteiger partial charge in [-0.1, -0.05) is 90.0 Å². The normalized spacial score (nSPS) is 11.8. The third-order valence-corrected chi connectivity index (χ3v) is 11.3. The van der Waals surface area contributed by atoms with E-state index in [0.29, 0.717) is 5.56 Å². The van der Waals surface area contributed by atoms with Crippen molar-refractivity contribution in [1.29, 1.82) is 5.26 Å². The maximum absolute atomic E-state index is 11.3. The summed E-state index contributed by atoms with van der Waals surface area (Å²) in [6.45, 7) is 4.27. The lowest BCUT2D eigenvalue weighted by molar-refractivity contribution is 1.12. The molecule has 4 aromatic heterocycles. The molecular weight excluding hydrogens is 671 g/mol. The van der Waals surface area contributed by atoms with E-state index in [2.05, 4.69) is 190 Å². The van der Waals surface area contributed by atoms with E-state index >= 15 is 0 Å². The minimum absolute atomic E-state index is 0.611. The van der Waals surface area contributed by atoms with Crippen LogP contribution in [-0.2, 0) is 0 Å². The number of nitrogens with zero attached hydrogens (tertiary/aromatic N) is 5. The summed E-state index contributed by atoms with van der Waals surface area (Å²) in [4.78, 5) is 4.53. The van der Waals surface area contributed by atoms with E-state index in [1.807, 2.05) is 12.4 Å². The second-order valence-corrected chi connectivity index (χ2v) is 14.5. The highest BCUT2D eigenvalue weighted by molar-refractivity contribution is 6.12. The highest BCUT2D eigenvalue weighted by atomic mass is 15.0. The van der Waals surface area contributed by atoms with Crippen LogP contribution < -0.4 is 0 Å². The molecule has 4 heterocycles. The van der Waals surface area contributed by atoms with Crippen molar-refractivity contribution in [3.8, 4) is 34.3 Å². The van der Waals surface area contributed by atoms with Gasteiger partial charge in [0.15, 0.2) is 0 Å². The van der Waals surface area contributed by atoms with Crippen LogP contribution in [0, 0.1) is 25.2 Å². The highest BCUT2D eigenvalue weighted by Crippen LogP contribution is 2.41. The molecule has 11 aromatic rings. The topological polar surface area (TPSA) is 51.5 Å². The van der Waals surface area contributed by atoms with Gasteiger partial charge in [-0.2, -0.15) is 5.26 Å². The molecule has 258 valence electrons. The summed E-state index contributed by atoms with van der Waals surface area (Å²) in [5.41, 5.74) is 14.2. The fourth-order valence-corrected chi connectivity index (χ4v) is 8.86. The summed E-state index contributed by atoms with van der Waals surface area (Å²) in [7, 11) is 0. The number of pyridine rings is 1. The van der Waals surface area contributed by atoms with E-state index in [1.54, 1.807) is 0 Å². The third-order valence-electron chi connectivity index (χ3n) is 11.3. The number of rotatable bonds is 4. The number of fused-ring (bicyclic) bond motifs is 9. The summed E-state index contributed by atoms with van der Waals surface area (Å²) in [5.74, 6) is 0. The number of benzene rings is 7. The van der Waals surface area contributed by atoms with Crippen molar-refractivity contribution in [3.63, 3.8) is 0 Å². The van der Waals surface area contributed by atoms with Crippen LogP contribution in [0.1, 0.15) is 16.7 Å². The van der Waals surface area contributed by atoms with Crippen molar-refractivity contribution in [1.82, 2.24) is 18.7 Å². The first-order valence-corrected chi connectivity index (χ1v) is 18.6. The Hall–Kier alpha value is -7.42. The molecule has 0 spiro atoms. The van der Waals surface area contributed by atoms with Crippen molar-refractivity contribution in [2.45, 2.75) is 13.8 Å². The van der Waals surface area contributed by atoms with Gasteiger partial charge in [0.05, 0.1) is 50.7 Å². The smallest absolute Gasteiger partial charge is 0.104 e. The zero-order valence-corrected chi connectivity index (χ0v) is 30.3. The van der Waals surface area contributed by atoms with Crippen molar-refractivity contribution in [3.05, 3.63) is 181 Å². The molecule has 0 radical (unpaired) electrons. The quantitative estimate of drug-likeness (QED) is 0.183. The fourth-order valence-electron chi connectivity index (χ4n) is 8.86. The van der Waals surface area contributed by atoms with Crippen molar-refractivity contribution >= 4 is 65.4 Å². The standard InChI is InChI=1S/C50H33N5/c1-31-18-20-46-40(24-31)37-13-4-7-16-44(37)54(46)48-27-34(28-49(42(48)29-51)55-45-17-8-5-14-38(45)41-25-32(2)19-21-47(41)55)33-10-9-11-35(26-33)53-43-15-6-3-12-36(43)39-22-23-52-30-50(39)53/h3-28,30H,1-2H3. The van der Waals surface area contributed by atoms with Crippen LogP contribution in [-0.4, -0.2) is 18.7 Å². The van der Waals surface area contributed by atoms with Crippen molar-refractivity contribution in [2.24, 2.45) is 0 Å². The van der Waals surface area contributed by atoms with E-state index in [-0.39, 0.29) is 0 Å². The number of para-hydroxylation sites is 3. The first-order chi connectivity index (χ1) is 27.1. The monoisotopic (exact) mass is 703 g/mol. The second kappa shape index (κ2) is 11.8. The number of hydrogen-bond acceptors (Lipinski definition) is 2. The zero-order chi connectivity index (χ0) is 36.8. The molecular formula is C50H33N5. The lowest BCUT2D eigenvalue weighted by Crippen LogP contribution is -2.05. The van der Waals surface area contributed by atoms with Crippen LogP contribution in [0.3, 0.4) is 0 Å². The largest absolute Gasteiger partial charge is 0.308 e. The van der Waals surface area contributed by atoms with Crippen LogP contribution in [0.4, 0.5) is 0 Å². The van der Waals surface area contributed by atoms with Crippen LogP contribution in [0.5, 0.6) is 0 Å². The van der Waals surface area contributed by atoms with Gasteiger partial charge >= 0.3 is 0 Å². The Morgan fingerprint density at radius 2 is 0.945 bits per heavy atom. The molecule has 0 amide bonds. The first-order valence-electron chi connectivity index (χ1n) is 18.6. The van der Waals surface area contributed by atoms with Gasteiger partial charge in [-0.15, -0.1) is 0 Å². The number of aromatic nitrogens is 4. The van der Waals surface area contributed by atoms with E-state index in [4.69, 9.17) is 0 Å². The van der Waals surface area contributed by atoms with E-state index in [1.165, 1.54) is 32.7 Å². The average molecular weight is 704 g/mol. The van der Waals surface area contributed by atoms with Crippen LogP contribution in [0.2, 0.25) is 0 Å². The third kappa shape index (κ3) is 4.55. The Bertz CT molecular complexity index is 3230. The summed E-state index contributed by atoms with van der Waals surface area (Å²) >= 11 is 0. The van der Waals surface area contributed by atoms with Crippen LogP contribution >= 0.6 is 0 Å². The van der Waals surface area contributed by atoms with Gasteiger partial charge in [-0.05, 0) is 97.8 Å². The second-order valence-electron chi connectivity index (χ2n) is 14.5. The number of nitriles is 1. The van der Waals surface area contributed by atoms with Crippen LogP contribution in [0.25, 0.3) is 93.6 Å². The van der Waals surface area contributed by atoms with Gasteiger partial charge in [0.1, 0.15) is 11.6 Å². The Labute approximate surface area is 317 Å². The maximum Gasteiger partial charge on any atom is 0.104 e. The minimum Gasteiger partial charge on any atom is -0.308 e. The SMILES string of the molecule is Cc1ccc2c(c1)c1ccccc1n2-c1cc(-c2cccc(-n3c4ccccc4c4ccncc43)c2)cc(-n2c3ccccc3c3cc(C)ccc32)c1C#N. The molecule has 0 unspecified atom stereocenters. The Morgan fingerprint density at radius 3 is 1.53 bits per heavy atom. The highest BCUT2D eigenvalue weighted by Gasteiger charge is 2.23. The molecule has 11 rings (SSSR count). The molecule has 0 N–H and O–H groups in total. The van der Waals surface area contributed by atoms with Gasteiger partial charge in [0, 0.05) is 44.2 Å². The number of aryl methyl sites for hydroxylation is 2. The maximum atomic E-state index is 11.3. The number of hydrogen-bond donors (Lipinski definition) is 0. The predicted molar refractivity (Wildman–Crippen MR) is 227 cm³/mol. The molecule has 5 heteroatoms. The summed E-state index contributed by atoms with van der Waals surface area (Å²) in [5, 5.41) is 18.3. The van der Waals surface area contributed by atoms with Gasteiger partial charge in [0.25, 0.3) is 0 Å². The molecule has 0 aliphatic heterocycles. The minimum atomic E-state index is 0.611. The molecule has 5 nitrogen and oxygen atoms in total. The molecule has 55 heavy (non-hydrogen) atoms. The van der Waals surface area contributed by atoms with E-state index in [9.17, 15) is 5.26 Å². The first kappa shape index (κ1) is 31.1. The van der Waals surface area contributed by atoms with Gasteiger partial charge < -0.3 is 13.7 Å².